The lowest BCUT2D eigenvalue weighted by molar-refractivity contribution is -0.139. The predicted molar refractivity (Wildman–Crippen MR) is 131 cm³/mol. The first-order valence-corrected chi connectivity index (χ1v) is 12.7. The third-order valence-corrected chi connectivity index (χ3v) is 7.41. The normalized spacial score (nSPS) is 19.2. The number of fused-ring (bicyclic) bond motifs is 1. The number of rotatable bonds is 6. The molecule has 1 saturated heterocycles. The van der Waals surface area contributed by atoms with E-state index < -0.39 is 6.04 Å². The van der Waals surface area contributed by atoms with Gasteiger partial charge in [0, 0.05) is 6.04 Å². The van der Waals surface area contributed by atoms with Gasteiger partial charge < -0.3 is 9.32 Å². The number of thioether (sulfide) groups is 1. The van der Waals surface area contributed by atoms with Gasteiger partial charge in [-0.25, -0.2) is 9.88 Å². The van der Waals surface area contributed by atoms with Gasteiger partial charge in [-0.3, -0.25) is 14.4 Å². The number of hydrogen-bond donors (Lipinski definition) is 0. The maximum atomic E-state index is 13.5. The molecule has 34 heavy (non-hydrogen) atoms. The van der Waals surface area contributed by atoms with E-state index >= 15 is 0 Å². The Morgan fingerprint density at radius 1 is 1.09 bits per heavy atom. The first kappa shape index (κ1) is 22.7. The molecule has 1 atom stereocenters. The van der Waals surface area contributed by atoms with Gasteiger partial charge in [0.1, 0.15) is 11.6 Å². The summed E-state index contributed by atoms with van der Waals surface area (Å²) in [6, 6.07) is 14.0. The van der Waals surface area contributed by atoms with Crippen molar-refractivity contribution in [3.8, 4) is 0 Å². The lowest BCUT2D eigenvalue weighted by Crippen LogP contribution is -2.52. The van der Waals surface area contributed by atoms with Crippen LogP contribution in [0.3, 0.4) is 0 Å². The Morgan fingerprint density at radius 2 is 1.82 bits per heavy atom. The van der Waals surface area contributed by atoms with Crippen molar-refractivity contribution in [3.05, 3.63) is 54.1 Å². The van der Waals surface area contributed by atoms with Crippen LogP contribution in [-0.4, -0.2) is 45.4 Å². The van der Waals surface area contributed by atoms with Crippen LogP contribution >= 0.6 is 11.8 Å². The Labute approximate surface area is 202 Å². The van der Waals surface area contributed by atoms with E-state index in [4.69, 9.17) is 4.42 Å². The molecule has 2 aromatic carbocycles. The van der Waals surface area contributed by atoms with Gasteiger partial charge in [0.05, 0.1) is 17.9 Å². The van der Waals surface area contributed by atoms with Crippen LogP contribution in [0, 0.1) is 6.92 Å². The summed E-state index contributed by atoms with van der Waals surface area (Å²) in [5.41, 5.74) is 3.02. The van der Waals surface area contributed by atoms with Crippen LogP contribution in [0.1, 0.15) is 44.1 Å². The quantitative estimate of drug-likeness (QED) is 0.377. The molecule has 5 rings (SSSR count). The zero-order valence-corrected chi connectivity index (χ0v) is 19.9. The minimum Gasteiger partial charge on any atom is -0.431 e. The first-order chi connectivity index (χ1) is 16.5. The molecule has 2 aliphatic rings. The SMILES string of the molecule is Cc1ccc(N2C(=O)CC(N(C(=O)CSc3nc4ccccc4o3)C3CCCCC3)C2=O)cc1. The van der Waals surface area contributed by atoms with Gasteiger partial charge in [-0.2, -0.15) is 0 Å². The lowest BCUT2D eigenvalue weighted by Gasteiger charge is -2.37. The highest BCUT2D eigenvalue weighted by atomic mass is 32.2. The molecular formula is C26H27N3O4S. The molecule has 0 bridgehead atoms. The van der Waals surface area contributed by atoms with Crippen LogP contribution in [-0.2, 0) is 14.4 Å². The number of carbonyl (C=O) groups excluding carboxylic acids is 3. The van der Waals surface area contributed by atoms with Gasteiger partial charge in [-0.1, -0.05) is 60.9 Å². The van der Waals surface area contributed by atoms with E-state index in [1.165, 1.54) is 16.7 Å². The van der Waals surface area contributed by atoms with Crippen molar-refractivity contribution in [2.24, 2.45) is 0 Å². The Morgan fingerprint density at radius 3 is 2.56 bits per heavy atom. The van der Waals surface area contributed by atoms with Crippen LogP contribution in [0.25, 0.3) is 11.1 Å². The van der Waals surface area contributed by atoms with Gasteiger partial charge in [0.2, 0.25) is 11.8 Å². The molecule has 1 aromatic heterocycles. The number of imide groups is 1. The number of nitrogens with zero attached hydrogens (tertiary/aromatic N) is 3. The summed E-state index contributed by atoms with van der Waals surface area (Å²) in [7, 11) is 0. The fourth-order valence-corrected chi connectivity index (χ4v) is 5.61. The Hall–Kier alpha value is -3.13. The summed E-state index contributed by atoms with van der Waals surface area (Å²) in [5.74, 6) is -0.638. The molecule has 0 spiro atoms. The molecule has 2 fully saturated rings. The van der Waals surface area contributed by atoms with Crippen molar-refractivity contribution >= 4 is 46.3 Å². The van der Waals surface area contributed by atoms with Crippen LogP contribution in [0.4, 0.5) is 5.69 Å². The maximum Gasteiger partial charge on any atom is 0.257 e. The van der Waals surface area contributed by atoms with Gasteiger partial charge in [-0.15, -0.1) is 0 Å². The first-order valence-electron chi connectivity index (χ1n) is 11.7. The average Bonchev–Trinajstić information content (AvgIpc) is 3.39. The van der Waals surface area contributed by atoms with E-state index in [9.17, 15) is 14.4 Å². The molecular weight excluding hydrogens is 450 g/mol. The molecule has 0 N–H and O–H groups in total. The number of amides is 3. The number of hydrogen-bond acceptors (Lipinski definition) is 6. The summed E-state index contributed by atoms with van der Waals surface area (Å²) in [6.07, 6.45) is 4.88. The second kappa shape index (κ2) is 9.62. The molecule has 0 radical (unpaired) electrons. The van der Waals surface area contributed by atoms with Crippen LogP contribution in [0.5, 0.6) is 0 Å². The highest BCUT2D eigenvalue weighted by Gasteiger charge is 2.46. The number of anilines is 1. The van der Waals surface area contributed by atoms with E-state index in [1.807, 2.05) is 43.3 Å². The van der Waals surface area contributed by atoms with Crippen molar-refractivity contribution < 1.29 is 18.8 Å². The summed E-state index contributed by atoms with van der Waals surface area (Å²) < 4.78 is 5.74. The second-order valence-corrected chi connectivity index (χ2v) is 9.88. The van der Waals surface area contributed by atoms with E-state index in [0.29, 0.717) is 16.5 Å². The van der Waals surface area contributed by atoms with Crippen molar-refractivity contribution in [2.45, 2.75) is 62.8 Å². The highest BCUT2D eigenvalue weighted by molar-refractivity contribution is 7.99. The van der Waals surface area contributed by atoms with E-state index in [0.717, 1.165) is 43.2 Å². The van der Waals surface area contributed by atoms with E-state index in [2.05, 4.69) is 4.98 Å². The molecule has 3 amide bonds. The van der Waals surface area contributed by atoms with Gasteiger partial charge in [0.15, 0.2) is 5.58 Å². The molecule has 1 aliphatic heterocycles. The highest BCUT2D eigenvalue weighted by Crippen LogP contribution is 2.32. The van der Waals surface area contributed by atoms with E-state index in [1.54, 1.807) is 17.0 Å². The minimum atomic E-state index is -0.770. The monoisotopic (exact) mass is 477 g/mol. The number of aryl methyl sites for hydroxylation is 1. The van der Waals surface area contributed by atoms with Crippen molar-refractivity contribution in [2.75, 3.05) is 10.7 Å². The zero-order chi connectivity index (χ0) is 23.7. The summed E-state index contributed by atoms with van der Waals surface area (Å²) in [5, 5.41) is 0.424. The fourth-order valence-electron chi connectivity index (χ4n) is 4.90. The van der Waals surface area contributed by atoms with Gasteiger partial charge in [0.25, 0.3) is 11.1 Å². The van der Waals surface area contributed by atoms with Crippen LogP contribution in [0.2, 0.25) is 0 Å². The van der Waals surface area contributed by atoms with Crippen molar-refractivity contribution in [1.82, 2.24) is 9.88 Å². The third-order valence-electron chi connectivity index (χ3n) is 6.60. The molecule has 176 valence electrons. The standard InChI is InChI=1S/C26H27N3O4S/c1-17-11-13-19(14-12-17)29-23(30)15-21(25(29)32)28(18-7-3-2-4-8-18)24(31)16-34-26-27-20-9-5-6-10-22(20)33-26/h5-6,9-14,18,21H,2-4,7-8,15-16H2,1H3. The molecule has 8 heteroatoms. The maximum absolute atomic E-state index is 13.5. The van der Waals surface area contributed by atoms with Gasteiger partial charge >= 0.3 is 0 Å². The molecule has 1 unspecified atom stereocenters. The zero-order valence-electron chi connectivity index (χ0n) is 19.1. The number of oxazole rings is 1. The smallest absolute Gasteiger partial charge is 0.257 e. The molecule has 1 aliphatic carbocycles. The summed E-state index contributed by atoms with van der Waals surface area (Å²) >= 11 is 1.23. The predicted octanol–water partition coefficient (Wildman–Crippen LogP) is 4.72. The Kier molecular flexibility index (Phi) is 6.41. The average molecular weight is 478 g/mol. The molecule has 3 aromatic rings. The topological polar surface area (TPSA) is 83.7 Å². The molecule has 2 heterocycles. The number of aromatic nitrogens is 1. The van der Waals surface area contributed by atoms with E-state index in [-0.39, 0.29) is 35.9 Å². The molecule has 7 nitrogen and oxygen atoms in total. The Balaban J connectivity index is 1.36. The van der Waals surface area contributed by atoms with Crippen molar-refractivity contribution in [3.63, 3.8) is 0 Å². The Bertz CT molecular complexity index is 1180. The number of benzene rings is 2. The number of carbonyl (C=O) groups is 3. The van der Waals surface area contributed by atoms with Crippen molar-refractivity contribution in [1.29, 1.82) is 0 Å². The summed E-state index contributed by atoms with van der Waals surface area (Å²) in [4.78, 5) is 47.2. The minimum absolute atomic E-state index is 0.0164. The second-order valence-electron chi connectivity index (χ2n) is 8.95. The summed E-state index contributed by atoms with van der Waals surface area (Å²) in [6.45, 7) is 1.96. The van der Waals surface area contributed by atoms with Crippen LogP contribution in [0.15, 0.2) is 58.2 Å². The third kappa shape index (κ3) is 4.46. The van der Waals surface area contributed by atoms with Crippen LogP contribution < -0.4 is 4.90 Å². The number of para-hydroxylation sites is 2. The lowest BCUT2D eigenvalue weighted by atomic mass is 9.92. The van der Waals surface area contributed by atoms with Gasteiger partial charge in [-0.05, 0) is 44.0 Å². The molecule has 1 saturated carbocycles. The fraction of sp³-hybridized carbons (Fsp3) is 0.385. The largest absolute Gasteiger partial charge is 0.431 e.